The highest BCUT2D eigenvalue weighted by Gasteiger charge is 2.51. The number of hydrogen-bond acceptors (Lipinski definition) is 1. The molecule has 0 heterocycles. The van der Waals surface area contributed by atoms with E-state index in [1.807, 2.05) is 0 Å². The summed E-state index contributed by atoms with van der Waals surface area (Å²) in [4.78, 5) is 0. The first-order valence-corrected chi connectivity index (χ1v) is 8.59. The Morgan fingerprint density at radius 2 is 2.05 bits per heavy atom. The van der Waals surface area contributed by atoms with Crippen molar-refractivity contribution in [3.63, 3.8) is 0 Å². The first kappa shape index (κ1) is 17.4. The molecule has 3 aliphatic rings. The average molecular weight is 349 g/mol. The zero-order valence-corrected chi connectivity index (χ0v) is 14.8. The smallest absolute Gasteiger partial charge is 0.0465 e. The first-order valence-electron chi connectivity index (χ1n) is 7.83. The molecule has 3 rings (SSSR count). The average Bonchev–Trinajstić information content (AvgIpc) is 2.87. The molecule has 3 unspecified atom stereocenters. The second-order valence-electron chi connectivity index (χ2n) is 6.45. The number of halogens is 3. The second kappa shape index (κ2) is 6.66. The summed E-state index contributed by atoms with van der Waals surface area (Å²) in [7, 11) is 0. The van der Waals surface area contributed by atoms with Gasteiger partial charge < -0.3 is 5.73 Å². The van der Waals surface area contributed by atoms with Gasteiger partial charge in [0.25, 0.3) is 0 Å². The van der Waals surface area contributed by atoms with Crippen molar-refractivity contribution >= 4 is 35.6 Å². The van der Waals surface area contributed by atoms with Crippen LogP contribution in [0.3, 0.4) is 0 Å². The Labute approximate surface area is 144 Å². The van der Waals surface area contributed by atoms with E-state index in [-0.39, 0.29) is 17.8 Å². The topological polar surface area (TPSA) is 26.0 Å². The van der Waals surface area contributed by atoms with Crippen LogP contribution in [0.15, 0.2) is 33.4 Å². The zero-order valence-electron chi connectivity index (χ0n) is 12.5. The van der Waals surface area contributed by atoms with Crippen molar-refractivity contribution in [2.24, 2.45) is 23.0 Å². The molecule has 1 nitrogen and oxygen atoms in total. The van der Waals surface area contributed by atoms with Crippen molar-refractivity contribution in [3.8, 4) is 0 Å². The highest BCUT2D eigenvalue weighted by atomic mass is 35.5. The normalized spacial score (nSPS) is 34.7. The number of nitrogens with two attached hydrogens (primary N) is 1. The molecular weight excluding hydrogens is 325 g/mol. The van der Waals surface area contributed by atoms with Gasteiger partial charge in [-0.1, -0.05) is 43.0 Å². The van der Waals surface area contributed by atoms with Crippen LogP contribution in [0.2, 0.25) is 0 Å². The number of hydrogen-bond donors (Lipinski definition) is 1. The third kappa shape index (κ3) is 2.61. The van der Waals surface area contributed by atoms with Crippen molar-refractivity contribution in [1.82, 2.24) is 0 Å². The van der Waals surface area contributed by atoms with Gasteiger partial charge in [-0.2, -0.15) is 0 Å². The van der Waals surface area contributed by atoms with Gasteiger partial charge in [0.05, 0.1) is 0 Å². The molecule has 3 atom stereocenters. The van der Waals surface area contributed by atoms with Crippen molar-refractivity contribution in [3.05, 3.63) is 33.4 Å². The predicted molar refractivity (Wildman–Crippen MR) is 94.0 cm³/mol. The van der Waals surface area contributed by atoms with Crippen molar-refractivity contribution < 1.29 is 0 Å². The van der Waals surface area contributed by atoms with Gasteiger partial charge in [-0.3, -0.25) is 0 Å². The Kier molecular flexibility index (Phi) is 5.52. The van der Waals surface area contributed by atoms with E-state index >= 15 is 0 Å². The summed E-state index contributed by atoms with van der Waals surface area (Å²) < 4.78 is 0. The minimum atomic E-state index is 0. The van der Waals surface area contributed by atoms with Crippen LogP contribution in [-0.4, -0.2) is 6.54 Å². The lowest BCUT2D eigenvalue weighted by Crippen LogP contribution is -2.34. The standard InChI is InChI=1S/C17H23Cl2N.ClH/c1-2-17(12-5-3-4-11(8-12)6-7-20)13-9-14(18)16(17)15(19)10-13;/h9-12H,2-8,20H2,1H3;1H. The van der Waals surface area contributed by atoms with Gasteiger partial charge in [0, 0.05) is 21.1 Å². The van der Waals surface area contributed by atoms with Gasteiger partial charge in [-0.25, -0.2) is 0 Å². The molecule has 0 aliphatic heterocycles. The van der Waals surface area contributed by atoms with Crippen molar-refractivity contribution in [2.45, 2.75) is 45.4 Å². The van der Waals surface area contributed by atoms with E-state index in [4.69, 9.17) is 28.9 Å². The van der Waals surface area contributed by atoms with Gasteiger partial charge in [0.1, 0.15) is 0 Å². The third-order valence-corrected chi connectivity index (χ3v) is 6.21. The van der Waals surface area contributed by atoms with Crippen LogP contribution >= 0.6 is 35.6 Å². The van der Waals surface area contributed by atoms with E-state index in [9.17, 15) is 0 Å². The first-order chi connectivity index (χ1) is 9.63. The summed E-state index contributed by atoms with van der Waals surface area (Å²) in [6.07, 6.45) is 11.7. The molecule has 1 fully saturated rings. The summed E-state index contributed by atoms with van der Waals surface area (Å²) in [5, 5.41) is 1.74. The molecule has 0 aromatic rings. The highest BCUT2D eigenvalue weighted by Crippen LogP contribution is 2.63. The number of rotatable bonds is 4. The predicted octanol–water partition coefficient (Wildman–Crippen LogP) is 5.53. The summed E-state index contributed by atoms with van der Waals surface area (Å²) in [6.45, 7) is 3.08. The maximum Gasteiger partial charge on any atom is 0.0465 e. The van der Waals surface area contributed by atoms with E-state index in [2.05, 4.69) is 19.1 Å². The lowest BCUT2D eigenvalue weighted by atomic mass is 9.61. The summed E-state index contributed by atoms with van der Waals surface area (Å²) in [5.41, 5.74) is 8.42. The maximum atomic E-state index is 6.44. The van der Waals surface area contributed by atoms with Crippen molar-refractivity contribution in [1.29, 1.82) is 0 Å². The van der Waals surface area contributed by atoms with Gasteiger partial charge >= 0.3 is 0 Å². The maximum absolute atomic E-state index is 6.44. The fraction of sp³-hybridized carbons (Fsp3) is 0.647. The number of allylic oxidation sites excluding steroid dienone is 6. The Balaban J connectivity index is 0.00000161. The molecule has 3 aliphatic carbocycles. The minimum Gasteiger partial charge on any atom is -0.330 e. The molecule has 0 radical (unpaired) electrons. The molecule has 2 N–H and O–H groups in total. The van der Waals surface area contributed by atoms with Crippen LogP contribution in [-0.2, 0) is 0 Å². The molecule has 0 spiro atoms. The molecular formula is C17H24Cl3N. The van der Waals surface area contributed by atoms with Crippen LogP contribution in [0.25, 0.3) is 0 Å². The zero-order chi connectivity index (χ0) is 14.3. The van der Waals surface area contributed by atoms with Gasteiger partial charge in [0.2, 0.25) is 0 Å². The molecule has 0 aromatic carbocycles. The molecule has 21 heavy (non-hydrogen) atoms. The van der Waals surface area contributed by atoms with Crippen LogP contribution in [0.5, 0.6) is 0 Å². The van der Waals surface area contributed by atoms with E-state index in [1.165, 1.54) is 36.8 Å². The molecule has 118 valence electrons. The van der Waals surface area contributed by atoms with Crippen LogP contribution in [0, 0.1) is 17.3 Å². The van der Waals surface area contributed by atoms with E-state index < -0.39 is 0 Å². The van der Waals surface area contributed by atoms with E-state index in [0.717, 1.165) is 35.4 Å². The Morgan fingerprint density at radius 1 is 1.29 bits per heavy atom. The molecule has 0 saturated heterocycles. The highest BCUT2D eigenvalue weighted by molar-refractivity contribution is 6.38. The summed E-state index contributed by atoms with van der Waals surface area (Å²) >= 11 is 12.9. The van der Waals surface area contributed by atoms with Gasteiger partial charge in [-0.05, 0) is 61.8 Å². The van der Waals surface area contributed by atoms with Crippen LogP contribution < -0.4 is 5.73 Å². The monoisotopic (exact) mass is 347 g/mol. The largest absolute Gasteiger partial charge is 0.330 e. The lowest BCUT2D eigenvalue weighted by Gasteiger charge is -2.42. The molecule has 0 aromatic heterocycles. The summed E-state index contributed by atoms with van der Waals surface area (Å²) in [5.74, 6) is 1.45. The molecule has 2 bridgehead atoms. The number of fused-ring (bicyclic) bond motifs is 2. The minimum absolute atomic E-state index is 0. The van der Waals surface area contributed by atoms with E-state index in [0.29, 0.717) is 5.92 Å². The molecule has 0 amide bonds. The van der Waals surface area contributed by atoms with Crippen LogP contribution in [0.4, 0.5) is 0 Å². The fourth-order valence-electron chi connectivity index (χ4n) is 4.75. The molecule has 1 saturated carbocycles. The Bertz CT molecular complexity index is 504. The van der Waals surface area contributed by atoms with Crippen LogP contribution in [0.1, 0.15) is 45.4 Å². The SMILES string of the molecule is CCC1(C2CCCC(CCN)C2)C2=CC(Cl)=C1C(Cl)=C2.Cl. The van der Waals surface area contributed by atoms with E-state index in [1.54, 1.807) is 0 Å². The Morgan fingerprint density at radius 3 is 2.62 bits per heavy atom. The quantitative estimate of drug-likeness (QED) is 0.710. The summed E-state index contributed by atoms with van der Waals surface area (Å²) in [6, 6.07) is 0. The lowest BCUT2D eigenvalue weighted by molar-refractivity contribution is 0.156. The second-order valence-corrected chi connectivity index (χ2v) is 7.26. The van der Waals surface area contributed by atoms with Gasteiger partial charge in [0.15, 0.2) is 0 Å². The molecule has 4 heteroatoms. The Hall–Kier alpha value is 0.0500. The third-order valence-electron chi connectivity index (χ3n) is 5.62. The fourth-order valence-corrected chi connectivity index (χ4v) is 5.57. The van der Waals surface area contributed by atoms with Gasteiger partial charge in [-0.15, -0.1) is 12.4 Å². The van der Waals surface area contributed by atoms with Crippen molar-refractivity contribution in [2.75, 3.05) is 6.54 Å².